The summed E-state index contributed by atoms with van der Waals surface area (Å²) in [7, 11) is 0. The number of pyridine rings is 1. The lowest BCUT2D eigenvalue weighted by Gasteiger charge is -2.45. The monoisotopic (exact) mass is 481 g/mol. The number of aromatic nitrogens is 5. The molecule has 4 aliphatic rings. The SMILES string of the molecule is CC1=C(N2CC(O)C3(CC4CCC(C3)N4C[C@H](O)c3ccc(-n4cnnn4)nc3)C2=O)COC1=O. The number of aliphatic hydroxyl groups excluding tert-OH is 2. The molecule has 6 heterocycles. The Hall–Kier alpha value is -3.22. The average molecular weight is 482 g/mol. The second kappa shape index (κ2) is 8.18. The van der Waals surface area contributed by atoms with Gasteiger partial charge in [0.1, 0.15) is 12.9 Å². The van der Waals surface area contributed by atoms with Gasteiger partial charge < -0.3 is 19.8 Å². The Morgan fingerprint density at radius 3 is 2.60 bits per heavy atom. The first-order valence-electron chi connectivity index (χ1n) is 11.9. The largest absolute Gasteiger partial charge is 0.456 e. The highest BCUT2D eigenvalue weighted by Gasteiger charge is 2.61. The van der Waals surface area contributed by atoms with Crippen molar-refractivity contribution in [2.24, 2.45) is 5.41 Å². The van der Waals surface area contributed by atoms with E-state index in [0.29, 0.717) is 42.0 Å². The highest BCUT2D eigenvalue weighted by molar-refractivity contribution is 5.94. The predicted octanol–water partition coefficient (Wildman–Crippen LogP) is -0.262. The summed E-state index contributed by atoms with van der Waals surface area (Å²) in [6.45, 7) is 2.35. The van der Waals surface area contributed by atoms with Crippen molar-refractivity contribution in [3.8, 4) is 5.82 Å². The Kier molecular flexibility index (Phi) is 5.20. The zero-order chi connectivity index (χ0) is 24.3. The summed E-state index contributed by atoms with van der Waals surface area (Å²) in [5, 5.41) is 33.0. The normalized spacial score (nSPS) is 31.6. The molecular weight excluding hydrogens is 454 g/mol. The van der Waals surface area contributed by atoms with Gasteiger partial charge in [-0.1, -0.05) is 6.07 Å². The Morgan fingerprint density at radius 2 is 2.00 bits per heavy atom. The lowest BCUT2D eigenvalue weighted by atomic mass is 9.72. The quantitative estimate of drug-likeness (QED) is 0.547. The van der Waals surface area contributed by atoms with Gasteiger partial charge in [0.2, 0.25) is 5.91 Å². The van der Waals surface area contributed by atoms with Crippen LogP contribution >= 0.6 is 0 Å². The molecule has 2 aromatic rings. The Bertz CT molecular complexity index is 1170. The lowest BCUT2D eigenvalue weighted by Crippen LogP contribution is -2.54. The first kappa shape index (κ1) is 22.3. The molecule has 3 unspecified atom stereocenters. The molecule has 1 amide bonds. The fourth-order valence-electron chi connectivity index (χ4n) is 6.25. The highest BCUT2D eigenvalue weighted by Crippen LogP contribution is 2.52. The van der Waals surface area contributed by atoms with Crippen LogP contribution in [0.5, 0.6) is 0 Å². The number of hydrogen-bond acceptors (Lipinski definition) is 10. The van der Waals surface area contributed by atoms with Crippen LogP contribution in [0.2, 0.25) is 0 Å². The number of rotatable bonds is 5. The Morgan fingerprint density at radius 1 is 1.23 bits per heavy atom. The molecular formula is C23H27N7O5. The molecule has 2 bridgehead atoms. The van der Waals surface area contributed by atoms with Gasteiger partial charge in [-0.15, -0.1) is 5.10 Å². The summed E-state index contributed by atoms with van der Waals surface area (Å²) in [4.78, 5) is 33.6. The van der Waals surface area contributed by atoms with Gasteiger partial charge in [0, 0.05) is 30.4 Å². The number of ether oxygens (including phenoxy) is 1. The van der Waals surface area contributed by atoms with E-state index in [1.54, 1.807) is 24.1 Å². The van der Waals surface area contributed by atoms with Gasteiger partial charge in [0.05, 0.1) is 35.4 Å². The van der Waals surface area contributed by atoms with E-state index in [9.17, 15) is 19.8 Å². The second-order valence-corrected chi connectivity index (χ2v) is 9.95. The van der Waals surface area contributed by atoms with Crippen LogP contribution in [0.3, 0.4) is 0 Å². The number of esters is 1. The van der Waals surface area contributed by atoms with Gasteiger partial charge in [-0.2, -0.15) is 4.68 Å². The fraction of sp³-hybridized carbons (Fsp3) is 0.565. The molecule has 0 aliphatic carbocycles. The molecule has 12 heteroatoms. The molecule has 184 valence electrons. The molecule has 0 saturated carbocycles. The first-order valence-corrected chi connectivity index (χ1v) is 11.9. The van der Waals surface area contributed by atoms with Crippen LogP contribution in [0.1, 0.15) is 44.3 Å². The summed E-state index contributed by atoms with van der Waals surface area (Å²) in [5.74, 6) is 0.0358. The van der Waals surface area contributed by atoms with E-state index < -0.39 is 23.6 Å². The molecule has 2 N–H and O–H groups in total. The van der Waals surface area contributed by atoms with Gasteiger partial charge in [-0.25, -0.2) is 9.78 Å². The minimum absolute atomic E-state index is 0.0740. The second-order valence-electron chi connectivity index (χ2n) is 9.95. The van der Waals surface area contributed by atoms with Crippen LogP contribution in [0, 0.1) is 5.41 Å². The van der Waals surface area contributed by atoms with E-state index in [2.05, 4.69) is 25.4 Å². The third-order valence-electron chi connectivity index (χ3n) is 8.16. The molecule has 3 saturated heterocycles. The number of nitrogens with zero attached hydrogens (tertiary/aromatic N) is 7. The number of likely N-dealkylation sites (tertiary alicyclic amines) is 1. The zero-order valence-corrected chi connectivity index (χ0v) is 19.3. The first-order chi connectivity index (χ1) is 16.9. The minimum atomic E-state index is -0.860. The predicted molar refractivity (Wildman–Crippen MR) is 118 cm³/mol. The number of aliphatic hydroxyl groups is 2. The molecule has 6 rings (SSSR count). The molecule has 35 heavy (non-hydrogen) atoms. The third-order valence-corrected chi connectivity index (χ3v) is 8.16. The molecule has 1 spiro atoms. The van der Waals surface area contributed by atoms with Crippen LogP contribution in [-0.4, -0.2) is 95.0 Å². The molecule has 0 aromatic carbocycles. The van der Waals surface area contributed by atoms with E-state index >= 15 is 0 Å². The van der Waals surface area contributed by atoms with Crippen molar-refractivity contribution in [3.05, 3.63) is 41.5 Å². The van der Waals surface area contributed by atoms with Crippen molar-refractivity contribution in [2.45, 2.75) is 56.9 Å². The number of β-amino-alcohol motifs (C(OH)–C–C–N with tert-alkyl or cyclic N) is 1. The maximum atomic E-state index is 13.6. The van der Waals surface area contributed by atoms with Crippen LogP contribution in [-0.2, 0) is 14.3 Å². The maximum Gasteiger partial charge on any atom is 0.336 e. The molecule has 0 radical (unpaired) electrons. The molecule has 2 aromatic heterocycles. The van der Waals surface area contributed by atoms with E-state index in [4.69, 9.17) is 4.74 Å². The van der Waals surface area contributed by atoms with E-state index in [1.165, 1.54) is 11.0 Å². The van der Waals surface area contributed by atoms with Gasteiger partial charge >= 0.3 is 5.97 Å². The van der Waals surface area contributed by atoms with E-state index in [1.807, 2.05) is 6.07 Å². The standard InChI is InChI=1S/C23H27N7O5/c1-13-17(11-35-21(13)33)29-10-19(32)23(22(29)34)6-15-3-4-16(7-23)28(15)9-18(31)14-2-5-20(24-8-14)30-12-25-26-27-30/h2,5,8,12,15-16,18-19,31-32H,3-4,6-7,9-11H2,1H3/t15?,16?,18-,19?,23?/m0/s1. The topological polar surface area (TPSA) is 147 Å². The summed E-state index contributed by atoms with van der Waals surface area (Å²) < 4.78 is 6.54. The minimum Gasteiger partial charge on any atom is -0.456 e. The molecule has 4 aliphatic heterocycles. The lowest BCUT2D eigenvalue weighted by molar-refractivity contribution is -0.143. The summed E-state index contributed by atoms with van der Waals surface area (Å²) in [5.41, 5.74) is 0.837. The van der Waals surface area contributed by atoms with Crippen LogP contribution in [0.4, 0.5) is 0 Å². The van der Waals surface area contributed by atoms with Crippen LogP contribution < -0.4 is 0 Å². The number of fused-ring (bicyclic) bond motifs is 2. The van der Waals surface area contributed by atoms with Crippen molar-refractivity contribution in [3.63, 3.8) is 0 Å². The summed E-state index contributed by atoms with van der Waals surface area (Å²) >= 11 is 0. The number of carbonyl (C=O) groups excluding carboxylic acids is 2. The van der Waals surface area contributed by atoms with Gasteiger partial charge in [0.15, 0.2) is 5.82 Å². The summed E-state index contributed by atoms with van der Waals surface area (Å²) in [6.07, 6.45) is 4.43. The van der Waals surface area contributed by atoms with Gasteiger partial charge in [-0.3, -0.25) is 9.69 Å². The van der Waals surface area contributed by atoms with Crippen molar-refractivity contribution in [1.29, 1.82) is 0 Å². The van der Waals surface area contributed by atoms with E-state index in [-0.39, 0.29) is 31.1 Å². The van der Waals surface area contributed by atoms with Gasteiger partial charge in [0.25, 0.3) is 0 Å². The van der Waals surface area contributed by atoms with E-state index in [0.717, 1.165) is 12.8 Å². The number of carbonyl (C=O) groups is 2. The number of cyclic esters (lactones) is 1. The van der Waals surface area contributed by atoms with Crippen molar-refractivity contribution in [2.75, 3.05) is 19.7 Å². The summed E-state index contributed by atoms with van der Waals surface area (Å²) in [6, 6.07) is 3.75. The fourth-order valence-corrected chi connectivity index (χ4v) is 6.25. The van der Waals surface area contributed by atoms with Crippen molar-refractivity contribution < 1.29 is 24.5 Å². The van der Waals surface area contributed by atoms with Crippen LogP contribution in [0.25, 0.3) is 5.82 Å². The number of tetrazole rings is 1. The van der Waals surface area contributed by atoms with Gasteiger partial charge in [-0.05, 0) is 49.1 Å². The molecule has 4 atom stereocenters. The zero-order valence-electron chi connectivity index (χ0n) is 19.3. The van der Waals surface area contributed by atoms with Crippen molar-refractivity contribution >= 4 is 11.9 Å². The van der Waals surface area contributed by atoms with Crippen LogP contribution in [0.15, 0.2) is 35.9 Å². The number of hydrogen-bond donors (Lipinski definition) is 2. The maximum absolute atomic E-state index is 13.6. The smallest absolute Gasteiger partial charge is 0.336 e. The Balaban J connectivity index is 1.17. The third kappa shape index (κ3) is 3.46. The average Bonchev–Trinajstić information content (AvgIpc) is 3.60. The Labute approximate surface area is 201 Å². The number of piperidine rings is 1. The van der Waals surface area contributed by atoms with Crippen molar-refractivity contribution in [1.82, 2.24) is 35.0 Å². The molecule has 12 nitrogen and oxygen atoms in total. The molecule has 3 fully saturated rings. The number of amides is 1. The highest BCUT2D eigenvalue weighted by atomic mass is 16.5.